The normalized spacial score (nSPS) is 26.6. The Hall–Kier alpha value is -1.57. The van der Waals surface area contributed by atoms with Crippen LogP contribution in [0.1, 0.15) is 44.7 Å². The maximum absolute atomic E-state index is 13.0. The molecule has 1 fully saturated rings. The van der Waals surface area contributed by atoms with Crippen molar-refractivity contribution < 1.29 is 14.3 Å². The van der Waals surface area contributed by atoms with Gasteiger partial charge in [-0.05, 0) is 66.3 Å². The third-order valence-electron chi connectivity index (χ3n) is 5.23. The van der Waals surface area contributed by atoms with E-state index in [0.717, 1.165) is 28.4 Å². The van der Waals surface area contributed by atoms with Crippen LogP contribution in [0.4, 0.5) is 4.79 Å². The minimum atomic E-state index is -0.485. The summed E-state index contributed by atoms with van der Waals surface area (Å²) in [6, 6.07) is 7.07. The molecule has 2 amide bonds. The average Bonchev–Trinajstić information content (AvgIpc) is 2.97. The second-order valence-electron chi connectivity index (χ2n) is 6.81. The van der Waals surface area contributed by atoms with Crippen LogP contribution < -0.4 is 5.32 Å². The predicted octanol–water partition coefficient (Wildman–Crippen LogP) is 3.99. The van der Waals surface area contributed by atoms with Crippen LogP contribution >= 0.6 is 22.6 Å². The number of carbonyl (C=O) groups is 2. The SMILES string of the molecule is CC1=C(C(=O)O[C@@H]2CCC[C@H]2C)[C@@H](c2ccccc2I)NC(=O)N1C. The Morgan fingerprint density at radius 3 is 2.68 bits per heavy atom. The van der Waals surface area contributed by atoms with Crippen LogP contribution in [0.25, 0.3) is 0 Å². The first-order valence-corrected chi connectivity index (χ1v) is 9.68. The van der Waals surface area contributed by atoms with E-state index < -0.39 is 6.04 Å². The summed E-state index contributed by atoms with van der Waals surface area (Å²) in [7, 11) is 1.67. The molecule has 1 aliphatic carbocycles. The van der Waals surface area contributed by atoms with Crippen LogP contribution in [0, 0.1) is 9.49 Å². The molecule has 0 aromatic heterocycles. The Balaban J connectivity index is 1.97. The fourth-order valence-electron chi connectivity index (χ4n) is 3.53. The van der Waals surface area contributed by atoms with Crippen molar-refractivity contribution in [1.29, 1.82) is 0 Å². The highest BCUT2D eigenvalue weighted by Gasteiger charge is 2.37. The van der Waals surface area contributed by atoms with Crippen LogP contribution in [0.2, 0.25) is 0 Å². The number of allylic oxidation sites excluding steroid dienone is 1. The number of amides is 2. The zero-order valence-corrected chi connectivity index (χ0v) is 16.9. The molecule has 1 aromatic rings. The van der Waals surface area contributed by atoms with Crippen molar-refractivity contribution in [3.8, 4) is 0 Å². The number of benzene rings is 1. The largest absolute Gasteiger partial charge is 0.459 e. The number of ether oxygens (including phenoxy) is 1. The summed E-state index contributed by atoms with van der Waals surface area (Å²) in [6.07, 6.45) is 3.06. The molecule has 25 heavy (non-hydrogen) atoms. The molecule has 5 nitrogen and oxygen atoms in total. The number of hydrogen-bond acceptors (Lipinski definition) is 3. The predicted molar refractivity (Wildman–Crippen MR) is 104 cm³/mol. The molecule has 0 unspecified atom stereocenters. The minimum absolute atomic E-state index is 0.0359. The molecule has 2 aliphatic rings. The van der Waals surface area contributed by atoms with E-state index >= 15 is 0 Å². The van der Waals surface area contributed by atoms with Gasteiger partial charge in [0.25, 0.3) is 0 Å². The molecular formula is C19H23IN2O3. The van der Waals surface area contributed by atoms with Crippen molar-refractivity contribution in [3.63, 3.8) is 0 Å². The zero-order valence-electron chi connectivity index (χ0n) is 14.7. The van der Waals surface area contributed by atoms with Crippen LogP contribution in [-0.4, -0.2) is 30.1 Å². The molecule has 0 radical (unpaired) electrons. The number of carbonyl (C=O) groups excluding carboxylic acids is 2. The van der Waals surface area contributed by atoms with Gasteiger partial charge in [0, 0.05) is 16.3 Å². The highest BCUT2D eigenvalue weighted by atomic mass is 127. The summed E-state index contributed by atoms with van der Waals surface area (Å²) in [4.78, 5) is 26.8. The molecule has 0 saturated heterocycles. The number of halogens is 1. The summed E-state index contributed by atoms with van der Waals surface area (Å²) in [5.74, 6) is 0.0591. The van der Waals surface area contributed by atoms with Gasteiger partial charge in [0.05, 0.1) is 11.6 Å². The summed E-state index contributed by atoms with van der Waals surface area (Å²) in [6.45, 7) is 3.93. The summed E-state index contributed by atoms with van der Waals surface area (Å²) >= 11 is 2.23. The fourth-order valence-corrected chi connectivity index (χ4v) is 4.23. The van der Waals surface area contributed by atoms with Crippen molar-refractivity contribution in [2.75, 3.05) is 7.05 Å². The van der Waals surface area contributed by atoms with Crippen molar-refractivity contribution in [2.45, 2.75) is 45.3 Å². The number of esters is 1. The third kappa shape index (κ3) is 3.54. The first-order chi connectivity index (χ1) is 11.9. The van der Waals surface area contributed by atoms with Gasteiger partial charge >= 0.3 is 12.0 Å². The lowest BCUT2D eigenvalue weighted by Gasteiger charge is -2.34. The zero-order chi connectivity index (χ0) is 18.1. The molecule has 0 bridgehead atoms. The van der Waals surface area contributed by atoms with Gasteiger partial charge in [-0.15, -0.1) is 0 Å². The summed E-state index contributed by atoms with van der Waals surface area (Å²) < 4.78 is 6.83. The quantitative estimate of drug-likeness (QED) is 0.555. The molecule has 134 valence electrons. The Bertz CT molecular complexity index is 731. The molecule has 1 aliphatic heterocycles. The van der Waals surface area contributed by atoms with E-state index in [1.165, 1.54) is 4.90 Å². The molecule has 3 rings (SSSR count). The second-order valence-corrected chi connectivity index (χ2v) is 7.98. The first-order valence-electron chi connectivity index (χ1n) is 8.60. The average molecular weight is 454 g/mol. The molecule has 1 saturated carbocycles. The third-order valence-corrected chi connectivity index (χ3v) is 6.21. The Morgan fingerprint density at radius 2 is 2.04 bits per heavy atom. The Morgan fingerprint density at radius 1 is 1.32 bits per heavy atom. The van der Waals surface area contributed by atoms with Gasteiger partial charge in [-0.1, -0.05) is 25.1 Å². The number of hydrogen-bond donors (Lipinski definition) is 1. The molecule has 6 heteroatoms. The molecular weight excluding hydrogens is 431 g/mol. The first kappa shape index (κ1) is 18.2. The van der Waals surface area contributed by atoms with Crippen LogP contribution in [0.3, 0.4) is 0 Å². The maximum atomic E-state index is 13.0. The molecule has 0 spiro atoms. The molecule has 1 N–H and O–H groups in total. The lowest BCUT2D eigenvalue weighted by molar-refractivity contribution is -0.146. The smallest absolute Gasteiger partial charge is 0.338 e. The Kier molecular flexibility index (Phi) is 5.36. The second kappa shape index (κ2) is 7.35. The number of urea groups is 1. The standard InChI is InChI=1S/C19H23IN2O3/c1-11-7-6-10-15(11)25-18(23)16-12(2)22(3)19(24)21-17(16)13-8-4-5-9-14(13)20/h4-5,8-9,11,15,17H,6-7,10H2,1-3H3,(H,21,24)/t11-,15-,17-/m1/s1. The van der Waals surface area contributed by atoms with Crippen molar-refractivity contribution in [2.24, 2.45) is 5.92 Å². The van der Waals surface area contributed by atoms with Crippen LogP contribution in [0.15, 0.2) is 35.5 Å². The van der Waals surface area contributed by atoms with Gasteiger partial charge in [-0.25, -0.2) is 9.59 Å². The lowest BCUT2D eigenvalue weighted by atomic mass is 9.95. The van der Waals surface area contributed by atoms with E-state index in [4.69, 9.17) is 4.74 Å². The molecule has 1 aromatic carbocycles. The van der Waals surface area contributed by atoms with Crippen molar-refractivity contribution >= 4 is 34.6 Å². The summed E-state index contributed by atoms with van der Waals surface area (Å²) in [5, 5.41) is 2.94. The van der Waals surface area contributed by atoms with Gasteiger partial charge < -0.3 is 15.0 Å². The van der Waals surface area contributed by atoms with E-state index in [0.29, 0.717) is 17.2 Å². The van der Waals surface area contributed by atoms with Gasteiger partial charge in [0.1, 0.15) is 6.10 Å². The lowest BCUT2D eigenvalue weighted by Crippen LogP contribution is -2.46. The highest BCUT2D eigenvalue weighted by molar-refractivity contribution is 14.1. The maximum Gasteiger partial charge on any atom is 0.338 e. The van der Waals surface area contributed by atoms with E-state index in [9.17, 15) is 9.59 Å². The number of nitrogens with one attached hydrogen (secondary N) is 1. The summed E-state index contributed by atoms with van der Waals surface area (Å²) in [5.41, 5.74) is 2.07. The van der Waals surface area contributed by atoms with E-state index in [1.807, 2.05) is 24.3 Å². The van der Waals surface area contributed by atoms with Crippen LogP contribution in [0.5, 0.6) is 0 Å². The van der Waals surface area contributed by atoms with Crippen molar-refractivity contribution in [3.05, 3.63) is 44.7 Å². The van der Waals surface area contributed by atoms with Gasteiger partial charge in [-0.2, -0.15) is 0 Å². The molecule has 3 atom stereocenters. The number of rotatable bonds is 3. The van der Waals surface area contributed by atoms with E-state index in [2.05, 4.69) is 34.8 Å². The van der Waals surface area contributed by atoms with E-state index in [-0.39, 0.29) is 18.1 Å². The number of nitrogens with zero attached hydrogens (tertiary/aromatic N) is 1. The van der Waals surface area contributed by atoms with Crippen molar-refractivity contribution in [1.82, 2.24) is 10.2 Å². The van der Waals surface area contributed by atoms with Gasteiger partial charge in [-0.3, -0.25) is 0 Å². The highest BCUT2D eigenvalue weighted by Crippen LogP contribution is 2.35. The van der Waals surface area contributed by atoms with Gasteiger partial charge in [0.2, 0.25) is 0 Å². The topological polar surface area (TPSA) is 58.6 Å². The van der Waals surface area contributed by atoms with E-state index in [1.54, 1.807) is 14.0 Å². The van der Waals surface area contributed by atoms with Gasteiger partial charge in [0.15, 0.2) is 0 Å². The monoisotopic (exact) mass is 454 g/mol. The molecule has 1 heterocycles. The fraction of sp³-hybridized carbons (Fsp3) is 0.474. The minimum Gasteiger partial charge on any atom is -0.459 e. The Labute approximate surface area is 161 Å². The van der Waals surface area contributed by atoms with Crippen LogP contribution in [-0.2, 0) is 9.53 Å².